The van der Waals surface area contributed by atoms with E-state index in [2.05, 4.69) is 28.8 Å². The van der Waals surface area contributed by atoms with Gasteiger partial charge in [0.2, 0.25) is 5.91 Å². The van der Waals surface area contributed by atoms with Gasteiger partial charge in [-0.15, -0.1) is 6.58 Å². The van der Waals surface area contributed by atoms with Crippen molar-refractivity contribution in [3.05, 3.63) is 72.8 Å². The lowest BCUT2D eigenvalue weighted by molar-refractivity contribution is -0.125. The Labute approximate surface area is 166 Å². The fourth-order valence-electron chi connectivity index (χ4n) is 2.98. The normalized spacial score (nSPS) is 11.5. The molecule has 2 aromatic rings. The Morgan fingerprint density at radius 1 is 1.11 bits per heavy atom. The molecular weight excluding hydrogens is 352 g/mol. The van der Waals surface area contributed by atoms with Gasteiger partial charge in [0.25, 0.3) is 5.91 Å². The van der Waals surface area contributed by atoms with Crippen LogP contribution < -0.4 is 5.32 Å². The van der Waals surface area contributed by atoms with Crippen LogP contribution in [0, 0.1) is 0 Å². The molecular formula is C22H28N4O2. The molecule has 0 aromatic carbocycles. The van der Waals surface area contributed by atoms with Crippen LogP contribution in [0.5, 0.6) is 0 Å². The second kappa shape index (κ2) is 11.6. The van der Waals surface area contributed by atoms with Crippen molar-refractivity contribution in [3.63, 3.8) is 0 Å². The highest BCUT2D eigenvalue weighted by Gasteiger charge is 2.30. The Morgan fingerprint density at radius 3 is 2.36 bits per heavy atom. The van der Waals surface area contributed by atoms with Gasteiger partial charge in [-0.05, 0) is 36.2 Å². The van der Waals surface area contributed by atoms with Crippen molar-refractivity contribution in [1.29, 1.82) is 0 Å². The zero-order chi connectivity index (χ0) is 20.2. The third-order valence-electron chi connectivity index (χ3n) is 4.47. The van der Waals surface area contributed by atoms with Gasteiger partial charge in [0.1, 0.15) is 6.04 Å². The number of amides is 2. The summed E-state index contributed by atoms with van der Waals surface area (Å²) in [4.78, 5) is 35.8. The lowest BCUT2D eigenvalue weighted by Gasteiger charge is -2.31. The molecule has 2 rings (SSSR count). The zero-order valence-corrected chi connectivity index (χ0v) is 16.4. The van der Waals surface area contributed by atoms with Crippen molar-refractivity contribution in [2.24, 2.45) is 0 Å². The molecule has 0 aliphatic carbocycles. The topological polar surface area (TPSA) is 75.2 Å². The third kappa shape index (κ3) is 6.30. The van der Waals surface area contributed by atoms with Gasteiger partial charge < -0.3 is 10.2 Å². The number of carbonyl (C=O) groups excluding carboxylic acids is 2. The monoisotopic (exact) mass is 380 g/mol. The molecule has 1 N–H and O–H groups in total. The molecule has 0 bridgehead atoms. The predicted octanol–water partition coefficient (Wildman–Crippen LogP) is 3.37. The molecule has 2 aromatic heterocycles. The molecule has 0 aliphatic rings. The first kappa shape index (κ1) is 21.3. The Morgan fingerprint density at radius 2 is 1.75 bits per heavy atom. The number of carbonyl (C=O) groups is 2. The summed E-state index contributed by atoms with van der Waals surface area (Å²) in [6, 6.07) is 6.51. The average Bonchev–Trinajstić information content (AvgIpc) is 2.74. The average molecular weight is 380 g/mol. The number of hydrogen-bond donors (Lipinski definition) is 1. The molecule has 2 heterocycles. The SMILES string of the molecule is C=CCNC(=O)C(CCCCC)N(Cc1ccncc1)C(=O)c1ccncc1. The first-order valence-electron chi connectivity index (χ1n) is 9.65. The van der Waals surface area contributed by atoms with Crippen LogP contribution in [0.2, 0.25) is 0 Å². The van der Waals surface area contributed by atoms with Gasteiger partial charge in [0.15, 0.2) is 0 Å². The van der Waals surface area contributed by atoms with Crippen LogP contribution in [0.4, 0.5) is 0 Å². The fourth-order valence-corrected chi connectivity index (χ4v) is 2.98. The van der Waals surface area contributed by atoms with Crippen molar-refractivity contribution < 1.29 is 9.59 Å². The van der Waals surface area contributed by atoms with E-state index in [1.807, 2.05) is 12.1 Å². The van der Waals surface area contributed by atoms with E-state index in [0.717, 1.165) is 24.8 Å². The van der Waals surface area contributed by atoms with Crippen molar-refractivity contribution in [2.75, 3.05) is 6.54 Å². The van der Waals surface area contributed by atoms with Crippen LogP contribution in [0.15, 0.2) is 61.7 Å². The van der Waals surface area contributed by atoms with E-state index in [0.29, 0.717) is 25.1 Å². The largest absolute Gasteiger partial charge is 0.351 e. The van der Waals surface area contributed by atoms with E-state index in [1.54, 1.807) is 47.9 Å². The second-order valence-electron chi connectivity index (χ2n) is 6.57. The van der Waals surface area contributed by atoms with Gasteiger partial charge in [-0.3, -0.25) is 19.6 Å². The standard InChI is InChI=1S/C22H28N4O2/c1-3-5-6-7-20(21(27)25-12-4-2)26(17-18-8-13-23-14-9-18)22(28)19-10-15-24-16-11-19/h4,8-11,13-16,20H,2-3,5-7,12,17H2,1H3,(H,25,27). The van der Waals surface area contributed by atoms with Crippen LogP contribution in [-0.2, 0) is 11.3 Å². The van der Waals surface area contributed by atoms with E-state index in [9.17, 15) is 9.59 Å². The van der Waals surface area contributed by atoms with Gasteiger partial charge in [-0.25, -0.2) is 0 Å². The first-order chi connectivity index (χ1) is 13.7. The van der Waals surface area contributed by atoms with E-state index in [4.69, 9.17) is 0 Å². The van der Waals surface area contributed by atoms with Crippen molar-refractivity contribution in [2.45, 2.75) is 45.2 Å². The van der Waals surface area contributed by atoms with Crippen molar-refractivity contribution in [3.8, 4) is 0 Å². The summed E-state index contributed by atoms with van der Waals surface area (Å²) >= 11 is 0. The maximum absolute atomic E-state index is 13.3. The molecule has 28 heavy (non-hydrogen) atoms. The smallest absolute Gasteiger partial charge is 0.254 e. The van der Waals surface area contributed by atoms with Gasteiger partial charge in [-0.1, -0.05) is 32.3 Å². The minimum absolute atomic E-state index is 0.160. The summed E-state index contributed by atoms with van der Waals surface area (Å²) in [7, 11) is 0. The van der Waals surface area contributed by atoms with Crippen LogP contribution in [0.1, 0.15) is 48.5 Å². The number of rotatable bonds is 11. The molecule has 0 saturated carbocycles. The van der Waals surface area contributed by atoms with E-state index < -0.39 is 6.04 Å². The molecule has 2 amide bonds. The van der Waals surface area contributed by atoms with Gasteiger partial charge in [0, 0.05) is 43.4 Å². The van der Waals surface area contributed by atoms with E-state index >= 15 is 0 Å². The van der Waals surface area contributed by atoms with Crippen LogP contribution in [0.3, 0.4) is 0 Å². The summed E-state index contributed by atoms with van der Waals surface area (Å²) in [5.74, 6) is -0.345. The number of nitrogens with one attached hydrogen (secondary N) is 1. The van der Waals surface area contributed by atoms with Gasteiger partial charge >= 0.3 is 0 Å². The fraction of sp³-hybridized carbons (Fsp3) is 0.364. The van der Waals surface area contributed by atoms with Crippen LogP contribution in [0.25, 0.3) is 0 Å². The Bertz CT molecular complexity index is 750. The molecule has 0 saturated heterocycles. The summed E-state index contributed by atoms with van der Waals surface area (Å²) in [5, 5.41) is 2.86. The summed E-state index contributed by atoms with van der Waals surface area (Å²) in [6.07, 6.45) is 11.7. The lowest BCUT2D eigenvalue weighted by Crippen LogP contribution is -2.49. The number of nitrogens with zero attached hydrogens (tertiary/aromatic N) is 3. The summed E-state index contributed by atoms with van der Waals surface area (Å²) < 4.78 is 0. The summed E-state index contributed by atoms with van der Waals surface area (Å²) in [5.41, 5.74) is 1.44. The third-order valence-corrected chi connectivity index (χ3v) is 4.47. The van der Waals surface area contributed by atoms with Crippen LogP contribution >= 0.6 is 0 Å². The maximum Gasteiger partial charge on any atom is 0.254 e. The molecule has 6 nitrogen and oxygen atoms in total. The van der Waals surface area contributed by atoms with Gasteiger partial charge in [-0.2, -0.15) is 0 Å². The molecule has 0 aliphatic heterocycles. The zero-order valence-electron chi connectivity index (χ0n) is 16.4. The predicted molar refractivity (Wildman–Crippen MR) is 109 cm³/mol. The first-order valence-corrected chi connectivity index (χ1v) is 9.65. The second-order valence-corrected chi connectivity index (χ2v) is 6.57. The molecule has 148 valence electrons. The van der Waals surface area contributed by atoms with Crippen molar-refractivity contribution in [1.82, 2.24) is 20.2 Å². The highest BCUT2D eigenvalue weighted by molar-refractivity contribution is 5.97. The minimum atomic E-state index is -0.555. The molecule has 6 heteroatoms. The highest BCUT2D eigenvalue weighted by atomic mass is 16.2. The Hall–Kier alpha value is -3.02. The minimum Gasteiger partial charge on any atom is -0.351 e. The van der Waals surface area contributed by atoms with Crippen molar-refractivity contribution >= 4 is 11.8 Å². The van der Waals surface area contributed by atoms with E-state index in [-0.39, 0.29) is 11.8 Å². The molecule has 1 atom stereocenters. The molecule has 0 radical (unpaired) electrons. The number of aromatic nitrogens is 2. The number of unbranched alkanes of at least 4 members (excludes halogenated alkanes) is 2. The quantitative estimate of drug-likeness (QED) is 0.479. The summed E-state index contributed by atoms with van der Waals surface area (Å²) in [6.45, 7) is 6.47. The molecule has 0 fully saturated rings. The molecule has 1 unspecified atom stereocenters. The van der Waals surface area contributed by atoms with Gasteiger partial charge in [0.05, 0.1) is 0 Å². The van der Waals surface area contributed by atoms with Crippen LogP contribution in [-0.4, -0.2) is 39.3 Å². The maximum atomic E-state index is 13.3. The molecule has 0 spiro atoms. The number of hydrogen-bond acceptors (Lipinski definition) is 4. The van der Waals surface area contributed by atoms with E-state index in [1.165, 1.54) is 0 Å². The highest BCUT2D eigenvalue weighted by Crippen LogP contribution is 2.18. The Kier molecular flexibility index (Phi) is 8.85. The number of pyridine rings is 2. The Balaban J connectivity index is 2.33. The lowest BCUT2D eigenvalue weighted by atomic mass is 10.0.